The summed E-state index contributed by atoms with van der Waals surface area (Å²) in [6.45, 7) is 1.45. The molecule has 3 aromatic rings. The van der Waals surface area contributed by atoms with Crippen LogP contribution < -0.4 is 11.1 Å². The van der Waals surface area contributed by atoms with Crippen LogP contribution in [0.3, 0.4) is 0 Å². The third kappa shape index (κ3) is 5.00. The van der Waals surface area contributed by atoms with E-state index in [0.717, 1.165) is 11.1 Å². The number of hydrogen-bond donors (Lipinski definition) is 2. The van der Waals surface area contributed by atoms with Gasteiger partial charge in [-0.25, -0.2) is 9.97 Å². The molecule has 3 N–H and O–H groups in total. The molecule has 1 heterocycles. The summed E-state index contributed by atoms with van der Waals surface area (Å²) in [5.41, 5.74) is 5.33. The second kappa shape index (κ2) is 7.85. The van der Waals surface area contributed by atoms with Crippen LogP contribution in [0, 0.1) is 6.92 Å². The van der Waals surface area contributed by atoms with E-state index in [2.05, 4.69) is 15.3 Å². The summed E-state index contributed by atoms with van der Waals surface area (Å²) in [6, 6.07) is 8.28. The summed E-state index contributed by atoms with van der Waals surface area (Å²) in [6.07, 6.45) is -8.30. The molecule has 0 aliphatic heterocycles. The van der Waals surface area contributed by atoms with E-state index in [-0.39, 0.29) is 24.1 Å². The zero-order valence-corrected chi connectivity index (χ0v) is 15.6. The van der Waals surface area contributed by atoms with Crippen LogP contribution in [0.2, 0.25) is 0 Å². The molecule has 0 fully saturated rings. The van der Waals surface area contributed by atoms with Crippen molar-refractivity contribution in [2.75, 3.05) is 11.1 Å². The highest BCUT2D eigenvalue weighted by molar-refractivity contribution is 5.65. The van der Waals surface area contributed by atoms with Crippen LogP contribution in [-0.2, 0) is 18.9 Å². The van der Waals surface area contributed by atoms with Gasteiger partial charge in [0.2, 0.25) is 5.95 Å². The first-order valence-electron chi connectivity index (χ1n) is 8.65. The van der Waals surface area contributed by atoms with Gasteiger partial charge in [0, 0.05) is 24.0 Å². The molecule has 1 aromatic heterocycles. The van der Waals surface area contributed by atoms with Gasteiger partial charge in [-0.3, -0.25) is 0 Å². The van der Waals surface area contributed by atoms with Gasteiger partial charge < -0.3 is 11.1 Å². The third-order valence-electron chi connectivity index (χ3n) is 4.25. The van der Waals surface area contributed by atoms with E-state index in [9.17, 15) is 26.3 Å². The van der Waals surface area contributed by atoms with Gasteiger partial charge in [0.15, 0.2) is 0 Å². The molecule has 0 aliphatic carbocycles. The van der Waals surface area contributed by atoms with E-state index in [4.69, 9.17) is 5.73 Å². The third-order valence-corrected chi connectivity index (χ3v) is 4.25. The fourth-order valence-electron chi connectivity index (χ4n) is 2.76. The van der Waals surface area contributed by atoms with E-state index in [0.29, 0.717) is 23.5 Å². The number of rotatable bonds is 4. The largest absolute Gasteiger partial charge is 0.416 e. The Labute approximate surface area is 167 Å². The zero-order chi connectivity index (χ0) is 22.1. The minimum absolute atomic E-state index is 0.0680. The highest BCUT2D eigenvalue weighted by Crippen LogP contribution is 2.36. The second-order valence-electron chi connectivity index (χ2n) is 6.61. The number of nitrogen functional groups attached to an aromatic ring is 1. The Hall–Kier alpha value is -3.30. The van der Waals surface area contributed by atoms with E-state index in [1.165, 1.54) is 6.20 Å². The summed E-state index contributed by atoms with van der Waals surface area (Å²) < 4.78 is 77.9. The Morgan fingerprint density at radius 3 is 2.00 bits per heavy atom. The molecule has 4 nitrogen and oxygen atoms in total. The normalized spacial score (nSPS) is 12.1. The van der Waals surface area contributed by atoms with Crippen molar-refractivity contribution in [3.8, 4) is 11.3 Å². The van der Waals surface area contributed by atoms with Crippen LogP contribution in [0.1, 0.15) is 22.3 Å². The van der Waals surface area contributed by atoms with Crippen molar-refractivity contribution in [2.45, 2.75) is 25.8 Å². The van der Waals surface area contributed by atoms with Crippen LogP contribution in [0.25, 0.3) is 11.3 Å². The number of nitrogens with zero attached hydrogens (tertiary/aromatic N) is 2. The average Bonchev–Trinajstić information content (AvgIpc) is 2.66. The number of benzene rings is 2. The Morgan fingerprint density at radius 2 is 1.47 bits per heavy atom. The minimum atomic E-state index is -4.90. The van der Waals surface area contributed by atoms with E-state index in [1.54, 1.807) is 31.2 Å². The predicted octanol–water partition coefficient (Wildman–Crippen LogP) is 5.68. The van der Waals surface area contributed by atoms with Gasteiger partial charge in [0.25, 0.3) is 0 Å². The smallest absolute Gasteiger partial charge is 0.399 e. The Balaban J connectivity index is 1.88. The van der Waals surface area contributed by atoms with Gasteiger partial charge >= 0.3 is 12.4 Å². The maximum absolute atomic E-state index is 13.0. The number of nitrogens with one attached hydrogen (secondary N) is 1. The average molecular weight is 426 g/mol. The van der Waals surface area contributed by atoms with Gasteiger partial charge in [0.05, 0.1) is 16.8 Å². The molecule has 0 unspecified atom stereocenters. The van der Waals surface area contributed by atoms with Gasteiger partial charge in [-0.15, -0.1) is 0 Å². The van der Waals surface area contributed by atoms with Crippen LogP contribution in [0.5, 0.6) is 0 Å². The first kappa shape index (κ1) is 21.4. The lowest BCUT2D eigenvalue weighted by Crippen LogP contribution is -2.13. The number of anilines is 2. The van der Waals surface area contributed by atoms with Gasteiger partial charge in [0.1, 0.15) is 0 Å². The number of nitrogens with two attached hydrogens (primary N) is 1. The van der Waals surface area contributed by atoms with Crippen LogP contribution in [0.15, 0.2) is 48.7 Å². The SMILES string of the molecule is Cc1cnc(NCc2cc(C(F)(F)F)cc(C(F)(F)F)c2)nc1-c1ccc(N)cc1. The fourth-order valence-corrected chi connectivity index (χ4v) is 2.76. The highest BCUT2D eigenvalue weighted by atomic mass is 19.4. The molecule has 0 radical (unpaired) electrons. The molecule has 0 spiro atoms. The quantitative estimate of drug-likeness (QED) is 0.416. The number of aromatic nitrogens is 2. The summed E-state index contributed by atoms with van der Waals surface area (Å²) in [5, 5.41) is 2.69. The van der Waals surface area contributed by atoms with Crippen LogP contribution in [0.4, 0.5) is 38.0 Å². The van der Waals surface area contributed by atoms with Gasteiger partial charge in [-0.2, -0.15) is 26.3 Å². The molecular formula is C20H16F6N4. The maximum Gasteiger partial charge on any atom is 0.416 e. The molecular weight excluding hydrogens is 410 g/mol. The van der Waals surface area contributed by atoms with Crippen molar-refractivity contribution in [2.24, 2.45) is 0 Å². The number of hydrogen-bond acceptors (Lipinski definition) is 4. The Kier molecular flexibility index (Phi) is 5.60. The van der Waals surface area contributed by atoms with Crippen LogP contribution in [-0.4, -0.2) is 9.97 Å². The topological polar surface area (TPSA) is 63.8 Å². The van der Waals surface area contributed by atoms with Crippen molar-refractivity contribution < 1.29 is 26.3 Å². The number of alkyl halides is 6. The standard InChI is InChI=1S/C20H16F6N4/c1-11-9-28-18(30-17(11)13-2-4-16(27)5-3-13)29-10-12-6-14(19(21,22)23)8-15(7-12)20(24,25)26/h2-9H,10,27H2,1H3,(H,28,29,30). The second-order valence-corrected chi connectivity index (χ2v) is 6.61. The van der Waals surface area contributed by atoms with E-state index < -0.39 is 23.5 Å². The molecule has 10 heteroatoms. The monoisotopic (exact) mass is 426 g/mol. The summed E-state index contributed by atoms with van der Waals surface area (Å²) >= 11 is 0. The molecule has 0 saturated carbocycles. The van der Waals surface area contributed by atoms with Gasteiger partial charge in [-0.1, -0.05) is 12.1 Å². The molecule has 0 atom stereocenters. The molecule has 158 valence electrons. The van der Waals surface area contributed by atoms with Crippen molar-refractivity contribution in [1.82, 2.24) is 9.97 Å². The highest BCUT2D eigenvalue weighted by Gasteiger charge is 2.36. The lowest BCUT2D eigenvalue weighted by atomic mass is 10.0. The minimum Gasteiger partial charge on any atom is -0.399 e. The molecule has 0 amide bonds. The molecule has 0 aliphatic rings. The maximum atomic E-state index is 13.0. The molecule has 0 saturated heterocycles. The zero-order valence-electron chi connectivity index (χ0n) is 15.6. The van der Waals surface area contributed by atoms with Crippen molar-refractivity contribution >= 4 is 11.6 Å². The molecule has 0 bridgehead atoms. The predicted molar refractivity (Wildman–Crippen MR) is 100 cm³/mol. The summed E-state index contributed by atoms with van der Waals surface area (Å²) in [7, 11) is 0. The van der Waals surface area contributed by atoms with Crippen molar-refractivity contribution in [1.29, 1.82) is 0 Å². The molecule has 3 rings (SSSR count). The first-order valence-corrected chi connectivity index (χ1v) is 8.65. The number of halogens is 6. The summed E-state index contributed by atoms with van der Waals surface area (Å²) in [4.78, 5) is 8.37. The van der Waals surface area contributed by atoms with Crippen molar-refractivity contribution in [3.63, 3.8) is 0 Å². The first-order chi connectivity index (χ1) is 13.9. The van der Waals surface area contributed by atoms with Crippen LogP contribution >= 0.6 is 0 Å². The lowest BCUT2D eigenvalue weighted by molar-refractivity contribution is -0.143. The Bertz CT molecular complexity index is 1010. The molecule has 30 heavy (non-hydrogen) atoms. The van der Waals surface area contributed by atoms with Crippen molar-refractivity contribution in [3.05, 3.63) is 70.9 Å². The van der Waals surface area contributed by atoms with E-state index in [1.807, 2.05) is 0 Å². The molecule has 2 aromatic carbocycles. The van der Waals surface area contributed by atoms with E-state index >= 15 is 0 Å². The summed E-state index contributed by atoms with van der Waals surface area (Å²) in [5.74, 6) is 0.0680. The lowest BCUT2D eigenvalue weighted by Gasteiger charge is -2.15. The van der Waals surface area contributed by atoms with Gasteiger partial charge in [-0.05, 0) is 48.4 Å². The fraction of sp³-hybridized carbons (Fsp3) is 0.200. The Morgan fingerprint density at radius 1 is 0.900 bits per heavy atom. The number of aryl methyl sites for hydroxylation is 1.